The summed E-state index contributed by atoms with van der Waals surface area (Å²) in [5.74, 6) is 0. The van der Waals surface area contributed by atoms with Crippen molar-refractivity contribution >= 4 is 15.9 Å². The fraction of sp³-hybridized carbons (Fsp3) is 0. The van der Waals surface area contributed by atoms with Gasteiger partial charge in [-0.3, -0.25) is 0 Å². The summed E-state index contributed by atoms with van der Waals surface area (Å²) in [5.41, 5.74) is 7.62. The lowest BCUT2D eigenvalue weighted by atomic mass is 9.99. The Morgan fingerprint density at radius 1 is 0.387 bits per heavy atom. The number of aromatic nitrogens is 2. The van der Waals surface area contributed by atoms with Crippen molar-refractivity contribution in [2.45, 2.75) is 0 Å². The summed E-state index contributed by atoms with van der Waals surface area (Å²) in [6, 6.07) is 39.0. The summed E-state index contributed by atoms with van der Waals surface area (Å²) in [6.45, 7) is 0. The first-order valence-electron chi connectivity index (χ1n) is 10.1. The van der Waals surface area contributed by atoms with Gasteiger partial charge in [0.2, 0.25) is 0 Å². The molecule has 0 atom stereocenters. The Bertz CT molecular complexity index is 1320. The third-order valence-electron chi connectivity index (χ3n) is 5.17. The van der Waals surface area contributed by atoms with Gasteiger partial charge in [-0.05, 0) is 6.07 Å². The molecule has 0 aliphatic carbocycles. The van der Waals surface area contributed by atoms with Gasteiger partial charge in [-0.2, -0.15) is 0 Å². The van der Waals surface area contributed by atoms with E-state index in [0.717, 1.165) is 49.5 Å². The maximum absolute atomic E-state index is 5.23. The van der Waals surface area contributed by atoms with Crippen LogP contribution in [0.25, 0.3) is 45.0 Å². The fourth-order valence-corrected chi connectivity index (χ4v) is 4.14. The highest BCUT2D eigenvalue weighted by molar-refractivity contribution is 9.10. The number of hydrogen-bond acceptors (Lipinski definition) is 2. The standard InChI is InChI=1S/C28H19BrN2/c29-24-19-11-10-18-23(24)28-27(22-16-8-3-9-17-22)30-25(20-12-4-1-5-13-20)26(31-28)21-14-6-2-7-15-21/h1-19H. The van der Waals surface area contributed by atoms with Gasteiger partial charge < -0.3 is 0 Å². The van der Waals surface area contributed by atoms with E-state index in [2.05, 4.69) is 58.4 Å². The van der Waals surface area contributed by atoms with Crippen molar-refractivity contribution in [3.05, 3.63) is 120 Å². The van der Waals surface area contributed by atoms with Gasteiger partial charge in [0.1, 0.15) is 0 Å². The molecule has 0 saturated heterocycles. The lowest BCUT2D eigenvalue weighted by Gasteiger charge is -2.16. The van der Waals surface area contributed by atoms with Crippen LogP contribution in [-0.4, -0.2) is 9.97 Å². The zero-order valence-corrected chi connectivity index (χ0v) is 18.3. The Labute approximate surface area is 190 Å². The average Bonchev–Trinajstić information content (AvgIpc) is 2.85. The summed E-state index contributed by atoms with van der Waals surface area (Å²) in [6.07, 6.45) is 0. The van der Waals surface area contributed by atoms with Crippen molar-refractivity contribution in [2.24, 2.45) is 0 Å². The summed E-state index contributed by atoms with van der Waals surface area (Å²) in [4.78, 5) is 10.5. The Kier molecular flexibility index (Phi) is 5.42. The average molecular weight is 463 g/mol. The lowest BCUT2D eigenvalue weighted by Crippen LogP contribution is -2.01. The van der Waals surface area contributed by atoms with E-state index in [9.17, 15) is 0 Å². The predicted octanol–water partition coefficient (Wildman–Crippen LogP) is 7.91. The van der Waals surface area contributed by atoms with E-state index in [1.165, 1.54) is 0 Å². The van der Waals surface area contributed by atoms with Crippen LogP contribution >= 0.6 is 15.9 Å². The molecule has 5 aromatic rings. The van der Waals surface area contributed by atoms with E-state index in [0.29, 0.717) is 0 Å². The van der Waals surface area contributed by atoms with Gasteiger partial charge >= 0.3 is 0 Å². The molecule has 0 aliphatic rings. The Balaban J connectivity index is 1.87. The number of benzene rings is 4. The minimum Gasteiger partial charge on any atom is -0.243 e. The van der Waals surface area contributed by atoms with Crippen LogP contribution in [0.1, 0.15) is 0 Å². The second-order valence-corrected chi connectivity index (χ2v) is 8.05. The molecule has 0 aliphatic heterocycles. The molecule has 2 nitrogen and oxygen atoms in total. The molecule has 3 heteroatoms. The van der Waals surface area contributed by atoms with Crippen LogP contribution in [0.3, 0.4) is 0 Å². The third kappa shape index (κ3) is 3.92. The SMILES string of the molecule is Brc1ccccc1-c1nc(-c2ccccc2)c(-c2ccccc2)nc1-c1ccccc1. The van der Waals surface area contributed by atoms with Gasteiger partial charge in [0.25, 0.3) is 0 Å². The number of hydrogen-bond donors (Lipinski definition) is 0. The highest BCUT2D eigenvalue weighted by atomic mass is 79.9. The van der Waals surface area contributed by atoms with Gasteiger partial charge in [0.15, 0.2) is 0 Å². The van der Waals surface area contributed by atoms with Crippen molar-refractivity contribution in [1.82, 2.24) is 9.97 Å². The van der Waals surface area contributed by atoms with Crippen LogP contribution < -0.4 is 0 Å². The van der Waals surface area contributed by atoms with E-state index in [-0.39, 0.29) is 0 Å². The van der Waals surface area contributed by atoms with E-state index in [1.54, 1.807) is 0 Å². The van der Waals surface area contributed by atoms with E-state index >= 15 is 0 Å². The van der Waals surface area contributed by atoms with Crippen LogP contribution in [0.15, 0.2) is 120 Å². The highest BCUT2D eigenvalue weighted by Crippen LogP contribution is 2.38. The van der Waals surface area contributed by atoms with Gasteiger partial charge in [-0.15, -0.1) is 0 Å². The fourth-order valence-electron chi connectivity index (χ4n) is 3.67. The molecule has 0 fully saturated rings. The van der Waals surface area contributed by atoms with Crippen LogP contribution in [0.5, 0.6) is 0 Å². The van der Waals surface area contributed by atoms with Gasteiger partial charge in [-0.25, -0.2) is 9.97 Å². The molecule has 0 N–H and O–H groups in total. The van der Waals surface area contributed by atoms with E-state index in [1.807, 2.05) is 72.8 Å². The monoisotopic (exact) mass is 462 g/mol. The summed E-state index contributed by atoms with van der Waals surface area (Å²) in [7, 11) is 0. The Morgan fingerprint density at radius 3 is 1.19 bits per heavy atom. The number of halogens is 1. The minimum absolute atomic E-state index is 0.859. The van der Waals surface area contributed by atoms with Gasteiger partial charge in [0.05, 0.1) is 22.8 Å². The van der Waals surface area contributed by atoms with E-state index < -0.39 is 0 Å². The topological polar surface area (TPSA) is 25.8 Å². The molecule has 31 heavy (non-hydrogen) atoms. The molecule has 1 aromatic heterocycles. The second kappa shape index (κ2) is 8.66. The number of rotatable bonds is 4. The minimum atomic E-state index is 0.859. The zero-order chi connectivity index (χ0) is 21.0. The quantitative estimate of drug-likeness (QED) is 0.271. The molecule has 0 amide bonds. The maximum atomic E-state index is 5.23. The molecule has 4 aromatic carbocycles. The van der Waals surface area contributed by atoms with Crippen LogP contribution in [0.4, 0.5) is 0 Å². The van der Waals surface area contributed by atoms with E-state index in [4.69, 9.17) is 9.97 Å². The van der Waals surface area contributed by atoms with Crippen molar-refractivity contribution < 1.29 is 0 Å². The lowest BCUT2D eigenvalue weighted by molar-refractivity contribution is 1.21. The van der Waals surface area contributed by atoms with Gasteiger partial charge in [0, 0.05) is 26.7 Å². The first kappa shape index (κ1) is 19.4. The highest BCUT2D eigenvalue weighted by Gasteiger charge is 2.20. The predicted molar refractivity (Wildman–Crippen MR) is 131 cm³/mol. The molecule has 0 bridgehead atoms. The molecule has 5 rings (SSSR count). The molecule has 0 unspecified atom stereocenters. The molecule has 0 spiro atoms. The van der Waals surface area contributed by atoms with Crippen molar-refractivity contribution in [2.75, 3.05) is 0 Å². The van der Waals surface area contributed by atoms with Crippen molar-refractivity contribution in [1.29, 1.82) is 0 Å². The summed E-state index contributed by atoms with van der Waals surface area (Å²) in [5, 5.41) is 0. The molecular formula is C28H19BrN2. The number of nitrogens with zero attached hydrogens (tertiary/aromatic N) is 2. The summed E-state index contributed by atoms with van der Waals surface area (Å²) >= 11 is 3.72. The Morgan fingerprint density at radius 2 is 0.742 bits per heavy atom. The smallest absolute Gasteiger partial charge is 0.0984 e. The normalized spacial score (nSPS) is 10.7. The van der Waals surface area contributed by atoms with Crippen LogP contribution in [-0.2, 0) is 0 Å². The van der Waals surface area contributed by atoms with Crippen LogP contribution in [0, 0.1) is 0 Å². The Hall–Kier alpha value is -3.56. The molecule has 148 valence electrons. The first-order chi connectivity index (χ1) is 15.3. The van der Waals surface area contributed by atoms with Crippen molar-refractivity contribution in [3.8, 4) is 45.0 Å². The third-order valence-corrected chi connectivity index (χ3v) is 5.86. The van der Waals surface area contributed by atoms with Crippen LogP contribution in [0.2, 0.25) is 0 Å². The molecule has 1 heterocycles. The largest absolute Gasteiger partial charge is 0.243 e. The zero-order valence-electron chi connectivity index (χ0n) is 16.7. The van der Waals surface area contributed by atoms with Gasteiger partial charge in [-0.1, -0.05) is 125 Å². The maximum Gasteiger partial charge on any atom is 0.0984 e. The molecule has 0 radical (unpaired) electrons. The molecular weight excluding hydrogens is 444 g/mol. The van der Waals surface area contributed by atoms with Crippen molar-refractivity contribution in [3.63, 3.8) is 0 Å². The summed E-state index contributed by atoms with van der Waals surface area (Å²) < 4.78 is 0.993. The second-order valence-electron chi connectivity index (χ2n) is 7.20. The molecule has 0 saturated carbocycles. The first-order valence-corrected chi connectivity index (χ1v) is 10.9.